The summed E-state index contributed by atoms with van der Waals surface area (Å²) in [5.74, 6) is -0.0469. The van der Waals surface area contributed by atoms with Gasteiger partial charge in [0.1, 0.15) is 5.69 Å². The highest BCUT2D eigenvalue weighted by atomic mass is 79.9. The molecule has 0 atom stereocenters. The molecular weight excluding hydrogens is 280 g/mol. The lowest BCUT2D eigenvalue weighted by molar-refractivity contribution is 0.0702. The van der Waals surface area contributed by atoms with Gasteiger partial charge in [0.05, 0.1) is 0 Å². The molecule has 0 fully saturated rings. The number of halogens is 1. The van der Waals surface area contributed by atoms with Crippen molar-refractivity contribution in [2.75, 3.05) is 6.54 Å². The first-order chi connectivity index (χ1) is 8.07. The van der Waals surface area contributed by atoms with Crippen LogP contribution in [0.1, 0.15) is 30.8 Å². The molecule has 1 rings (SSSR count). The second kappa shape index (κ2) is 6.55. The number of amides is 1. The van der Waals surface area contributed by atoms with Gasteiger partial charge in [0, 0.05) is 23.3 Å². The Balaban J connectivity index is 2.92. The van der Waals surface area contributed by atoms with Crippen LogP contribution in [0.5, 0.6) is 0 Å². The van der Waals surface area contributed by atoms with E-state index in [-0.39, 0.29) is 11.9 Å². The van der Waals surface area contributed by atoms with Crippen molar-refractivity contribution in [2.24, 2.45) is 0 Å². The van der Waals surface area contributed by atoms with Crippen LogP contribution < -0.4 is 0 Å². The van der Waals surface area contributed by atoms with Gasteiger partial charge in [0.2, 0.25) is 0 Å². The Morgan fingerprint density at radius 3 is 2.88 bits per heavy atom. The Kier molecular flexibility index (Phi) is 5.35. The summed E-state index contributed by atoms with van der Waals surface area (Å²) in [7, 11) is 0. The topological polar surface area (TPSA) is 33.2 Å². The molecular formula is C13H17BrN2O. The molecule has 1 amide bonds. The maximum Gasteiger partial charge on any atom is 0.273 e. The van der Waals surface area contributed by atoms with Crippen molar-refractivity contribution in [2.45, 2.75) is 26.3 Å². The molecule has 4 heteroatoms. The monoisotopic (exact) mass is 296 g/mol. The van der Waals surface area contributed by atoms with Gasteiger partial charge < -0.3 is 4.90 Å². The van der Waals surface area contributed by atoms with E-state index in [1.165, 1.54) is 0 Å². The zero-order valence-corrected chi connectivity index (χ0v) is 11.8. The average Bonchev–Trinajstić information content (AvgIpc) is 2.29. The van der Waals surface area contributed by atoms with Crippen LogP contribution >= 0.6 is 15.9 Å². The zero-order valence-electron chi connectivity index (χ0n) is 10.2. The molecule has 0 radical (unpaired) electrons. The average molecular weight is 297 g/mol. The lowest BCUT2D eigenvalue weighted by Crippen LogP contribution is -2.38. The Morgan fingerprint density at radius 1 is 1.65 bits per heavy atom. The number of carbonyl (C=O) groups is 1. The van der Waals surface area contributed by atoms with Crippen LogP contribution in [0.3, 0.4) is 0 Å². The number of carbonyl (C=O) groups excluding carboxylic acids is 1. The molecule has 1 aromatic heterocycles. The van der Waals surface area contributed by atoms with Crippen LogP contribution in [0.25, 0.3) is 0 Å². The molecule has 0 spiro atoms. The first-order valence-electron chi connectivity index (χ1n) is 5.60. The zero-order chi connectivity index (χ0) is 12.8. The SMILES string of the molecule is C=CCCN(C(=O)c1ncccc1Br)C(C)C. The molecule has 3 nitrogen and oxygen atoms in total. The summed E-state index contributed by atoms with van der Waals surface area (Å²) in [5, 5.41) is 0. The highest BCUT2D eigenvalue weighted by molar-refractivity contribution is 9.10. The highest BCUT2D eigenvalue weighted by Crippen LogP contribution is 2.16. The van der Waals surface area contributed by atoms with Gasteiger partial charge >= 0.3 is 0 Å². The second-order valence-electron chi connectivity index (χ2n) is 4.00. The lowest BCUT2D eigenvalue weighted by atomic mass is 10.2. The van der Waals surface area contributed by atoms with Gasteiger partial charge in [-0.05, 0) is 48.3 Å². The van der Waals surface area contributed by atoms with E-state index in [1.54, 1.807) is 17.2 Å². The lowest BCUT2D eigenvalue weighted by Gasteiger charge is -2.26. The van der Waals surface area contributed by atoms with Crippen molar-refractivity contribution in [3.05, 3.63) is 41.2 Å². The second-order valence-corrected chi connectivity index (χ2v) is 4.86. The summed E-state index contributed by atoms with van der Waals surface area (Å²) in [6.45, 7) is 8.34. The molecule has 17 heavy (non-hydrogen) atoms. The van der Waals surface area contributed by atoms with Crippen LogP contribution in [0.15, 0.2) is 35.5 Å². The van der Waals surface area contributed by atoms with E-state index >= 15 is 0 Å². The standard InChI is InChI=1S/C13H17BrN2O/c1-4-5-9-16(10(2)3)13(17)12-11(14)7-6-8-15-12/h4,6-8,10H,1,5,9H2,2-3H3. The molecule has 0 N–H and O–H groups in total. The predicted molar refractivity (Wildman–Crippen MR) is 72.9 cm³/mol. The number of nitrogens with zero attached hydrogens (tertiary/aromatic N) is 2. The molecule has 0 unspecified atom stereocenters. The molecule has 0 aromatic carbocycles. The fourth-order valence-electron chi connectivity index (χ4n) is 1.50. The fourth-order valence-corrected chi connectivity index (χ4v) is 1.93. The van der Waals surface area contributed by atoms with Gasteiger partial charge in [-0.25, -0.2) is 4.98 Å². The third-order valence-electron chi connectivity index (χ3n) is 2.42. The Bertz CT molecular complexity index is 404. The van der Waals surface area contributed by atoms with Crippen LogP contribution in [0.2, 0.25) is 0 Å². The quantitative estimate of drug-likeness (QED) is 0.781. The Morgan fingerprint density at radius 2 is 2.35 bits per heavy atom. The number of hydrogen-bond acceptors (Lipinski definition) is 2. The van der Waals surface area contributed by atoms with Crippen molar-refractivity contribution in [1.29, 1.82) is 0 Å². The van der Waals surface area contributed by atoms with Crippen LogP contribution in [-0.4, -0.2) is 28.4 Å². The van der Waals surface area contributed by atoms with Crippen molar-refractivity contribution >= 4 is 21.8 Å². The van der Waals surface area contributed by atoms with Crippen molar-refractivity contribution in [3.63, 3.8) is 0 Å². The van der Waals surface area contributed by atoms with E-state index < -0.39 is 0 Å². The third-order valence-corrected chi connectivity index (χ3v) is 3.06. The van der Waals surface area contributed by atoms with Gasteiger partial charge in [0.25, 0.3) is 5.91 Å². The van der Waals surface area contributed by atoms with Gasteiger partial charge in [-0.3, -0.25) is 4.79 Å². The normalized spacial score (nSPS) is 10.4. The van der Waals surface area contributed by atoms with E-state index in [9.17, 15) is 4.79 Å². The van der Waals surface area contributed by atoms with E-state index in [1.807, 2.05) is 26.0 Å². The van der Waals surface area contributed by atoms with Crippen molar-refractivity contribution in [1.82, 2.24) is 9.88 Å². The van der Waals surface area contributed by atoms with Crippen LogP contribution in [-0.2, 0) is 0 Å². The van der Waals surface area contributed by atoms with Crippen molar-refractivity contribution < 1.29 is 4.79 Å². The molecule has 92 valence electrons. The molecule has 1 aromatic rings. The number of hydrogen-bond donors (Lipinski definition) is 0. The number of pyridine rings is 1. The summed E-state index contributed by atoms with van der Waals surface area (Å²) >= 11 is 3.35. The summed E-state index contributed by atoms with van der Waals surface area (Å²) in [4.78, 5) is 18.2. The maximum absolute atomic E-state index is 12.3. The van der Waals surface area contributed by atoms with Gasteiger partial charge in [-0.15, -0.1) is 6.58 Å². The highest BCUT2D eigenvalue weighted by Gasteiger charge is 2.20. The van der Waals surface area contributed by atoms with Gasteiger partial charge in [-0.1, -0.05) is 6.08 Å². The minimum atomic E-state index is -0.0469. The number of rotatable bonds is 5. The van der Waals surface area contributed by atoms with Crippen molar-refractivity contribution in [3.8, 4) is 0 Å². The van der Waals surface area contributed by atoms with E-state index in [2.05, 4.69) is 27.5 Å². The summed E-state index contributed by atoms with van der Waals surface area (Å²) in [5.41, 5.74) is 0.463. The molecule has 0 aliphatic rings. The summed E-state index contributed by atoms with van der Waals surface area (Å²) in [6, 6.07) is 3.77. The smallest absolute Gasteiger partial charge is 0.273 e. The molecule has 0 bridgehead atoms. The number of aromatic nitrogens is 1. The molecule has 1 heterocycles. The Labute approximate surface area is 111 Å². The minimum absolute atomic E-state index is 0.0469. The molecule has 0 aliphatic heterocycles. The largest absolute Gasteiger partial charge is 0.335 e. The summed E-state index contributed by atoms with van der Waals surface area (Å²) < 4.78 is 0.731. The molecule has 0 aliphatic carbocycles. The van der Waals surface area contributed by atoms with Crippen LogP contribution in [0.4, 0.5) is 0 Å². The van der Waals surface area contributed by atoms with E-state index in [0.29, 0.717) is 12.2 Å². The van der Waals surface area contributed by atoms with Gasteiger partial charge in [-0.2, -0.15) is 0 Å². The first kappa shape index (κ1) is 13.9. The summed E-state index contributed by atoms with van der Waals surface area (Å²) in [6.07, 6.45) is 4.23. The minimum Gasteiger partial charge on any atom is -0.335 e. The molecule has 0 saturated carbocycles. The van der Waals surface area contributed by atoms with Crippen LogP contribution in [0, 0.1) is 0 Å². The predicted octanol–water partition coefficient (Wildman–Crippen LogP) is 3.27. The van der Waals surface area contributed by atoms with E-state index in [4.69, 9.17) is 0 Å². The third kappa shape index (κ3) is 3.66. The maximum atomic E-state index is 12.3. The van der Waals surface area contributed by atoms with Gasteiger partial charge in [0.15, 0.2) is 0 Å². The molecule has 0 saturated heterocycles. The van der Waals surface area contributed by atoms with E-state index in [0.717, 1.165) is 10.9 Å². The Hall–Kier alpha value is -1.16. The fraction of sp³-hybridized carbons (Fsp3) is 0.385. The first-order valence-corrected chi connectivity index (χ1v) is 6.39.